The molecule has 0 saturated carbocycles. The van der Waals surface area contributed by atoms with E-state index in [2.05, 4.69) is 10.4 Å². The van der Waals surface area contributed by atoms with E-state index in [4.69, 9.17) is 4.74 Å². The molecule has 1 heterocycles. The number of carbonyl (C=O) groups is 1. The van der Waals surface area contributed by atoms with Gasteiger partial charge in [-0.3, -0.25) is 9.48 Å². The Morgan fingerprint density at radius 2 is 1.83 bits per heavy atom. The van der Waals surface area contributed by atoms with Crippen molar-refractivity contribution < 1.29 is 9.53 Å². The molecule has 0 fully saturated rings. The summed E-state index contributed by atoms with van der Waals surface area (Å²) < 4.78 is 7.43. The lowest BCUT2D eigenvalue weighted by atomic mass is 10.2. The summed E-state index contributed by atoms with van der Waals surface area (Å²) in [5.74, 6) is 0.813. The molecule has 1 aromatic heterocycles. The first-order chi connectivity index (χ1) is 11.2. The van der Waals surface area contributed by atoms with Crippen molar-refractivity contribution in [1.82, 2.24) is 9.78 Å². The second-order valence-corrected chi connectivity index (χ2v) is 5.10. The van der Waals surface area contributed by atoms with Gasteiger partial charge in [0.15, 0.2) is 5.82 Å². The van der Waals surface area contributed by atoms with Crippen molar-refractivity contribution in [3.8, 4) is 5.75 Å². The van der Waals surface area contributed by atoms with E-state index >= 15 is 0 Å². The lowest BCUT2D eigenvalue weighted by Crippen LogP contribution is -2.14. The first kappa shape index (κ1) is 14.8. The summed E-state index contributed by atoms with van der Waals surface area (Å²) in [5.41, 5.74) is 1.53. The number of hydrogen-bond donors (Lipinski definition) is 1. The summed E-state index contributed by atoms with van der Waals surface area (Å²) in [5, 5.41) is 6.91. The summed E-state index contributed by atoms with van der Waals surface area (Å²) in [6.07, 6.45) is 1.77. The largest absolute Gasteiger partial charge is 0.488 e. The van der Waals surface area contributed by atoms with Gasteiger partial charge in [0.25, 0.3) is 5.91 Å². The number of aromatic nitrogens is 2. The van der Waals surface area contributed by atoms with E-state index in [0.29, 0.717) is 23.7 Å². The average molecular weight is 307 g/mol. The summed E-state index contributed by atoms with van der Waals surface area (Å²) >= 11 is 0. The van der Waals surface area contributed by atoms with Gasteiger partial charge in [0, 0.05) is 19.3 Å². The maximum Gasteiger partial charge on any atom is 0.260 e. The number of anilines is 1. The van der Waals surface area contributed by atoms with E-state index in [9.17, 15) is 4.79 Å². The molecule has 3 aromatic rings. The Bertz CT molecular complexity index is 797. The first-order valence-electron chi connectivity index (χ1n) is 7.29. The number of nitrogens with zero attached hydrogens (tertiary/aromatic N) is 2. The molecule has 5 nitrogen and oxygen atoms in total. The van der Waals surface area contributed by atoms with Crippen molar-refractivity contribution in [1.29, 1.82) is 0 Å². The Morgan fingerprint density at radius 3 is 2.57 bits per heavy atom. The standard InChI is InChI=1S/C18H17N3O2/c1-21-12-11-17(20-21)19-18(22)15-9-5-6-10-16(15)23-13-14-7-3-2-4-8-14/h2-12H,13H2,1H3,(H,19,20,22). The zero-order valence-corrected chi connectivity index (χ0v) is 12.8. The van der Waals surface area contributed by atoms with Gasteiger partial charge in [0.2, 0.25) is 0 Å². The predicted molar refractivity (Wildman–Crippen MR) is 88.4 cm³/mol. The maximum atomic E-state index is 12.4. The molecule has 0 aliphatic heterocycles. The molecule has 116 valence electrons. The average Bonchev–Trinajstić information content (AvgIpc) is 2.99. The van der Waals surface area contributed by atoms with Crippen LogP contribution in [0.15, 0.2) is 66.9 Å². The van der Waals surface area contributed by atoms with Gasteiger partial charge < -0.3 is 10.1 Å². The Labute approximate surface area is 134 Å². The number of amides is 1. The topological polar surface area (TPSA) is 56.2 Å². The number of carbonyl (C=O) groups excluding carboxylic acids is 1. The highest BCUT2D eigenvalue weighted by Crippen LogP contribution is 2.20. The van der Waals surface area contributed by atoms with Gasteiger partial charge >= 0.3 is 0 Å². The van der Waals surface area contributed by atoms with Crippen molar-refractivity contribution in [2.75, 3.05) is 5.32 Å². The van der Waals surface area contributed by atoms with E-state index < -0.39 is 0 Å². The van der Waals surface area contributed by atoms with Crippen LogP contribution < -0.4 is 10.1 Å². The smallest absolute Gasteiger partial charge is 0.260 e. The van der Waals surface area contributed by atoms with Crippen LogP contribution in [0.4, 0.5) is 5.82 Å². The molecule has 5 heteroatoms. The second kappa shape index (κ2) is 6.79. The first-order valence-corrected chi connectivity index (χ1v) is 7.29. The quantitative estimate of drug-likeness (QED) is 0.787. The van der Waals surface area contributed by atoms with E-state index in [1.54, 1.807) is 36.1 Å². The Balaban J connectivity index is 1.73. The van der Waals surface area contributed by atoms with E-state index in [1.165, 1.54) is 0 Å². The molecule has 0 unspecified atom stereocenters. The van der Waals surface area contributed by atoms with Crippen molar-refractivity contribution in [3.05, 3.63) is 78.0 Å². The van der Waals surface area contributed by atoms with E-state index in [0.717, 1.165) is 5.56 Å². The molecule has 23 heavy (non-hydrogen) atoms. The zero-order valence-electron chi connectivity index (χ0n) is 12.8. The van der Waals surface area contributed by atoms with Crippen LogP contribution in [-0.4, -0.2) is 15.7 Å². The highest BCUT2D eigenvalue weighted by Gasteiger charge is 2.13. The number of hydrogen-bond acceptors (Lipinski definition) is 3. The molecule has 0 bridgehead atoms. The predicted octanol–water partition coefficient (Wildman–Crippen LogP) is 3.25. The van der Waals surface area contributed by atoms with Crippen LogP contribution in [0.2, 0.25) is 0 Å². The molecule has 0 saturated heterocycles. The van der Waals surface area contributed by atoms with Crippen molar-refractivity contribution in [3.63, 3.8) is 0 Å². The van der Waals surface area contributed by atoms with Crippen LogP contribution in [0.3, 0.4) is 0 Å². The molecular weight excluding hydrogens is 290 g/mol. The Kier molecular flexibility index (Phi) is 4.38. The van der Waals surface area contributed by atoms with Crippen molar-refractivity contribution in [2.45, 2.75) is 6.61 Å². The fraction of sp³-hybridized carbons (Fsp3) is 0.111. The van der Waals surface area contributed by atoms with E-state index in [-0.39, 0.29) is 5.91 Å². The van der Waals surface area contributed by atoms with Gasteiger partial charge in [-0.25, -0.2) is 0 Å². The molecule has 1 N–H and O–H groups in total. The third-order valence-corrected chi connectivity index (χ3v) is 3.32. The van der Waals surface area contributed by atoms with Gasteiger partial charge in [-0.2, -0.15) is 5.10 Å². The van der Waals surface area contributed by atoms with Gasteiger partial charge in [-0.05, 0) is 17.7 Å². The summed E-state index contributed by atoms with van der Waals surface area (Å²) in [6.45, 7) is 0.411. The number of aryl methyl sites for hydroxylation is 1. The van der Waals surface area contributed by atoms with Crippen LogP contribution in [0, 0.1) is 0 Å². The Hall–Kier alpha value is -3.08. The number of rotatable bonds is 5. The normalized spacial score (nSPS) is 10.3. The summed E-state index contributed by atoms with van der Waals surface area (Å²) in [4.78, 5) is 12.4. The van der Waals surface area contributed by atoms with Crippen LogP contribution in [0.1, 0.15) is 15.9 Å². The molecule has 1 amide bonds. The highest BCUT2D eigenvalue weighted by atomic mass is 16.5. The minimum atomic E-state index is -0.243. The number of nitrogens with one attached hydrogen (secondary N) is 1. The van der Waals surface area contributed by atoms with Gasteiger partial charge in [0.1, 0.15) is 12.4 Å². The molecule has 0 radical (unpaired) electrons. The van der Waals surface area contributed by atoms with Gasteiger partial charge in [0.05, 0.1) is 5.56 Å². The maximum absolute atomic E-state index is 12.4. The fourth-order valence-electron chi connectivity index (χ4n) is 2.18. The number of para-hydroxylation sites is 1. The molecular formula is C18H17N3O2. The lowest BCUT2D eigenvalue weighted by Gasteiger charge is -2.11. The van der Waals surface area contributed by atoms with Crippen molar-refractivity contribution >= 4 is 11.7 Å². The van der Waals surface area contributed by atoms with Crippen molar-refractivity contribution in [2.24, 2.45) is 7.05 Å². The molecule has 0 atom stereocenters. The molecule has 0 aliphatic rings. The second-order valence-electron chi connectivity index (χ2n) is 5.10. The summed E-state index contributed by atoms with van der Waals surface area (Å²) in [6, 6.07) is 18.8. The zero-order chi connectivity index (χ0) is 16.1. The van der Waals surface area contributed by atoms with Gasteiger partial charge in [-0.1, -0.05) is 42.5 Å². The third-order valence-electron chi connectivity index (χ3n) is 3.32. The summed E-state index contributed by atoms with van der Waals surface area (Å²) in [7, 11) is 1.80. The van der Waals surface area contributed by atoms with Crippen LogP contribution in [0.25, 0.3) is 0 Å². The van der Waals surface area contributed by atoms with Crippen LogP contribution in [0.5, 0.6) is 5.75 Å². The minimum Gasteiger partial charge on any atom is -0.488 e. The number of ether oxygens (including phenoxy) is 1. The molecule has 2 aromatic carbocycles. The molecule has 3 rings (SSSR count). The van der Waals surface area contributed by atoms with Crippen LogP contribution in [-0.2, 0) is 13.7 Å². The van der Waals surface area contributed by atoms with Crippen LogP contribution >= 0.6 is 0 Å². The fourth-order valence-corrected chi connectivity index (χ4v) is 2.18. The lowest BCUT2D eigenvalue weighted by molar-refractivity contribution is 0.102. The highest BCUT2D eigenvalue weighted by molar-refractivity contribution is 6.05. The van der Waals surface area contributed by atoms with Gasteiger partial charge in [-0.15, -0.1) is 0 Å². The van der Waals surface area contributed by atoms with E-state index in [1.807, 2.05) is 42.5 Å². The monoisotopic (exact) mass is 307 g/mol. The molecule has 0 spiro atoms. The molecule has 0 aliphatic carbocycles. The Morgan fingerprint density at radius 1 is 1.09 bits per heavy atom. The third kappa shape index (κ3) is 3.77. The SMILES string of the molecule is Cn1ccc(NC(=O)c2ccccc2OCc2ccccc2)n1. The minimum absolute atomic E-state index is 0.243. The number of benzene rings is 2.